The number of hydrogen-bond donors (Lipinski definition) is 3. The van der Waals surface area contributed by atoms with E-state index in [1.54, 1.807) is 25.1 Å². The lowest BCUT2D eigenvalue weighted by molar-refractivity contribution is -0.180. The summed E-state index contributed by atoms with van der Waals surface area (Å²) in [6.45, 7) is 3.62. The molecule has 2 unspecified atom stereocenters. The van der Waals surface area contributed by atoms with Gasteiger partial charge in [-0.3, -0.25) is 0 Å². The summed E-state index contributed by atoms with van der Waals surface area (Å²) in [6.07, 6.45) is 1.75. The molecule has 0 radical (unpaired) electrons. The predicted octanol–water partition coefficient (Wildman–Crippen LogP) is 2.34. The zero-order chi connectivity index (χ0) is 16.6. The lowest BCUT2D eigenvalue weighted by atomic mass is 10.1. The third-order valence-electron chi connectivity index (χ3n) is 3.11. The third-order valence-corrected chi connectivity index (χ3v) is 3.11. The molecule has 1 aromatic rings. The van der Waals surface area contributed by atoms with Crippen molar-refractivity contribution in [1.82, 2.24) is 4.98 Å². The van der Waals surface area contributed by atoms with Crippen molar-refractivity contribution in [2.24, 2.45) is 0 Å². The van der Waals surface area contributed by atoms with Crippen LogP contribution in [0.2, 0.25) is 0 Å². The zero-order valence-corrected chi connectivity index (χ0v) is 12.8. The van der Waals surface area contributed by atoms with Gasteiger partial charge in [0.1, 0.15) is 5.82 Å². The Bertz CT molecular complexity index is 494. The Hall–Kier alpha value is -2.15. The largest absolute Gasteiger partial charge is 0.479 e. The van der Waals surface area contributed by atoms with Crippen LogP contribution in [0.5, 0.6) is 0 Å². The van der Waals surface area contributed by atoms with E-state index in [0.717, 1.165) is 0 Å². The maximum atomic E-state index is 11.8. The molecule has 7 heteroatoms. The second-order valence-corrected chi connectivity index (χ2v) is 4.96. The monoisotopic (exact) mass is 310 g/mol. The van der Waals surface area contributed by atoms with E-state index >= 15 is 0 Å². The van der Waals surface area contributed by atoms with Gasteiger partial charge in [-0.15, -0.1) is 0 Å². The van der Waals surface area contributed by atoms with E-state index < -0.39 is 23.8 Å². The molecule has 0 fully saturated rings. The minimum atomic E-state index is -1.82. The molecule has 0 aromatic carbocycles. The van der Waals surface area contributed by atoms with Crippen molar-refractivity contribution in [3.63, 3.8) is 0 Å². The molecule has 1 aromatic heterocycles. The Morgan fingerprint density at radius 2 is 2.05 bits per heavy atom. The van der Waals surface area contributed by atoms with Crippen molar-refractivity contribution in [2.75, 3.05) is 5.32 Å². The molecule has 0 aliphatic rings. The fraction of sp³-hybridized carbons (Fsp3) is 0.533. The van der Waals surface area contributed by atoms with Gasteiger partial charge in [-0.25, -0.2) is 14.6 Å². The SMILES string of the molecule is CCCC(OC(CCC)(Nc1ccccn1)C(=O)O)C(=O)O. The van der Waals surface area contributed by atoms with Crippen LogP contribution in [0, 0.1) is 0 Å². The van der Waals surface area contributed by atoms with Gasteiger partial charge in [-0.1, -0.05) is 32.8 Å². The maximum absolute atomic E-state index is 11.8. The molecule has 3 N–H and O–H groups in total. The first-order valence-corrected chi connectivity index (χ1v) is 7.28. The molecule has 2 atom stereocenters. The van der Waals surface area contributed by atoms with Crippen LogP contribution in [0.4, 0.5) is 5.82 Å². The van der Waals surface area contributed by atoms with Gasteiger partial charge >= 0.3 is 11.9 Å². The molecule has 122 valence electrons. The highest BCUT2D eigenvalue weighted by Gasteiger charge is 2.43. The van der Waals surface area contributed by atoms with Crippen LogP contribution in [0.3, 0.4) is 0 Å². The average Bonchev–Trinajstić information content (AvgIpc) is 2.47. The average molecular weight is 310 g/mol. The fourth-order valence-electron chi connectivity index (χ4n) is 2.10. The Balaban J connectivity index is 3.08. The lowest BCUT2D eigenvalue weighted by Crippen LogP contribution is -2.52. The number of aliphatic carboxylic acids is 2. The summed E-state index contributed by atoms with van der Waals surface area (Å²) in [5.41, 5.74) is -1.82. The Morgan fingerprint density at radius 1 is 1.32 bits per heavy atom. The number of ether oxygens (including phenoxy) is 1. The number of hydrogen-bond acceptors (Lipinski definition) is 5. The second-order valence-electron chi connectivity index (χ2n) is 4.96. The highest BCUT2D eigenvalue weighted by Crippen LogP contribution is 2.24. The van der Waals surface area contributed by atoms with Crippen LogP contribution in [-0.4, -0.2) is 39.0 Å². The molecule has 7 nitrogen and oxygen atoms in total. The summed E-state index contributed by atoms with van der Waals surface area (Å²) in [7, 11) is 0. The molecule has 0 amide bonds. The number of nitrogens with zero attached hydrogens (tertiary/aromatic N) is 1. The summed E-state index contributed by atoms with van der Waals surface area (Å²) >= 11 is 0. The Kier molecular flexibility index (Phi) is 6.78. The summed E-state index contributed by atoms with van der Waals surface area (Å²) < 4.78 is 5.50. The number of anilines is 1. The van der Waals surface area contributed by atoms with E-state index in [9.17, 15) is 19.8 Å². The normalized spacial score (nSPS) is 14.8. The van der Waals surface area contributed by atoms with Crippen molar-refractivity contribution >= 4 is 17.8 Å². The predicted molar refractivity (Wildman–Crippen MR) is 80.6 cm³/mol. The van der Waals surface area contributed by atoms with Crippen LogP contribution in [0.1, 0.15) is 39.5 Å². The minimum absolute atomic E-state index is 0.117. The van der Waals surface area contributed by atoms with Gasteiger partial charge in [0, 0.05) is 12.6 Å². The van der Waals surface area contributed by atoms with Crippen molar-refractivity contribution in [3.8, 4) is 0 Å². The third kappa shape index (κ3) is 4.70. The van der Waals surface area contributed by atoms with E-state index in [0.29, 0.717) is 18.7 Å². The molecule has 0 aliphatic heterocycles. The number of pyridine rings is 1. The summed E-state index contributed by atoms with van der Waals surface area (Å²) in [5.74, 6) is -2.12. The number of carbonyl (C=O) groups is 2. The van der Waals surface area contributed by atoms with Crippen LogP contribution in [0.25, 0.3) is 0 Å². The van der Waals surface area contributed by atoms with Gasteiger partial charge in [-0.05, 0) is 18.6 Å². The number of carboxylic acids is 2. The molecule has 1 heterocycles. The number of rotatable bonds is 10. The first kappa shape index (κ1) is 17.9. The minimum Gasteiger partial charge on any atom is -0.479 e. The standard InChI is InChI=1S/C15H22N2O5/c1-3-7-11(13(18)19)22-15(9-4-2,14(20)21)17-12-8-5-6-10-16-12/h5-6,8,10-11H,3-4,7,9H2,1-2H3,(H,16,17)(H,18,19)(H,20,21). The smallest absolute Gasteiger partial charge is 0.357 e. The van der Waals surface area contributed by atoms with Crippen LogP contribution in [-0.2, 0) is 14.3 Å². The van der Waals surface area contributed by atoms with E-state index in [1.807, 2.05) is 6.92 Å². The van der Waals surface area contributed by atoms with Gasteiger partial charge < -0.3 is 20.3 Å². The molecule has 0 spiro atoms. The van der Waals surface area contributed by atoms with Gasteiger partial charge in [-0.2, -0.15) is 0 Å². The Morgan fingerprint density at radius 3 is 2.50 bits per heavy atom. The zero-order valence-electron chi connectivity index (χ0n) is 12.8. The van der Waals surface area contributed by atoms with E-state index in [1.165, 1.54) is 6.20 Å². The number of carboxylic acid groups (broad SMARTS) is 2. The lowest BCUT2D eigenvalue weighted by Gasteiger charge is -2.33. The van der Waals surface area contributed by atoms with Crippen LogP contribution >= 0.6 is 0 Å². The highest BCUT2D eigenvalue weighted by molar-refractivity contribution is 5.81. The van der Waals surface area contributed by atoms with Gasteiger partial charge in [0.05, 0.1) is 0 Å². The first-order valence-electron chi connectivity index (χ1n) is 7.28. The van der Waals surface area contributed by atoms with Crippen molar-refractivity contribution < 1.29 is 24.5 Å². The molecule has 0 saturated carbocycles. The molecule has 0 bridgehead atoms. The molecule has 0 aliphatic carbocycles. The second kappa shape index (κ2) is 8.33. The van der Waals surface area contributed by atoms with Gasteiger partial charge in [0.2, 0.25) is 5.72 Å². The maximum Gasteiger partial charge on any atom is 0.357 e. The summed E-state index contributed by atoms with van der Waals surface area (Å²) in [6, 6.07) is 5.01. The highest BCUT2D eigenvalue weighted by atomic mass is 16.6. The van der Waals surface area contributed by atoms with Crippen LogP contribution in [0.15, 0.2) is 24.4 Å². The van der Waals surface area contributed by atoms with Gasteiger partial charge in [0.15, 0.2) is 6.10 Å². The molecule has 22 heavy (non-hydrogen) atoms. The van der Waals surface area contributed by atoms with Crippen LogP contribution < -0.4 is 5.32 Å². The van der Waals surface area contributed by atoms with E-state index in [2.05, 4.69) is 10.3 Å². The van der Waals surface area contributed by atoms with Crippen molar-refractivity contribution in [3.05, 3.63) is 24.4 Å². The van der Waals surface area contributed by atoms with E-state index in [4.69, 9.17) is 4.74 Å². The summed E-state index contributed by atoms with van der Waals surface area (Å²) in [5, 5.41) is 21.6. The van der Waals surface area contributed by atoms with Gasteiger partial charge in [0.25, 0.3) is 0 Å². The van der Waals surface area contributed by atoms with Crippen molar-refractivity contribution in [1.29, 1.82) is 0 Å². The first-order chi connectivity index (χ1) is 10.4. The number of aromatic nitrogens is 1. The quantitative estimate of drug-likeness (QED) is 0.569. The van der Waals surface area contributed by atoms with Crippen molar-refractivity contribution in [2.45, 2.75) is 51.4 Å². The topological polar surface area (TPSA) is 109 Å². The molecular weight excluding hydrogens is 288 g/mol. The molecule has 0 saturated heterocycles. The molecular formula is C15H22N2O5. The van der Waals surface area contributed by atoms with E-state index in [-0.39, 0.29) is 12.8 Å². The fourth-order valence-corrected chi connectivity index (χ4v) is 2.10. The Labute approximate surface area is 129 Å². The molecule has 1 rings (SSSR count). The number of nitrogens with one attached hydrogen (secondary N) is 1. The summed E-state index contributed by atoms with van der Waals surface area (Å²) in [4.78, 5) is 27.1.